The third-order valence-corrected chi connectivity index (χ3v) is 5.40. The predicted octanol–water partition coefficient (Wildman–Crippen LogP) is 3.03. The van der Waals surface area contributed by atoms with Crippen molar-refractivity contribution in [3.63, 3.8) is 0 Å². The molecule has 0 fully saturated rings. The van der Waals surface area contributed by atoms with E-state index in [0.717, 1.165) is 11.1 Å². The van der Waals surface area contributed by atoms with Gasteiger partial charge in [-0.1, -0.05) is 60.7 Å². The minimum absolute atomic E-state index is 0.129. The van der Waals surface area contributed by atoms with Gasteiger partial charge in [-0.25, -0.2) is 18.6 Å². The van der Waals surface area contributed by atoms with Crippen LogP contribution < -0.4 is 10.2 Å². The molecule has 0 aliphatic carbocycles. The molecule has 0 radical (unpaired) electrons. The van der Waals surface area contributed by atoms with Gasteiger partial charge in [-0.05, 0) is 35.4 Å². The Morgan fingerprint density at radius 3 is 2.04 bits per heavy atom. The minimum Gasteiger partial charge on any atom is -0.269 e. The highest BCUT2D eigenvalue weighted by molar-refractivity contribution is 7.89. The fraction of sp³-hybridized carbons (Fsp3) is 0.0952. The number of rotatable bonds is 8. The normalized spacial score (nSPS) is 11.1. The van der Waals surface area contributed by atoms with Crippen LogP contribution in [-0.2, 0) is 28.0 Å². The van der Waals surface area contributed by atoms with E-state index in [4.69, 9.17) is 4.84 Å². The first kappa shape index (κ1) is 19.8. The molecule has 0 aliphatic rings. The lowest BCUT2D eigenvalue weighted by atomic mass is 10.1. The van der Waals surface area contributed by atoms with Crippen molar-refractivity contribution in [3.05, 3.63) is 102 Å². The highest BCUT2D eigenvalue weighted by Crippen LogP contribution is 2.10. The number of hydrogen-bond donors (Lipinski definition) is 2. The van der Waals surface area contributed by atoms with Crippen LogP contribution in [0.4, 0.5) is 0 Å². The fourth-order valence-electron chi connectivity index (χ4n) is 2.45. The number of hydrogen-bond acceptors (Lipinski definition) is 4. The quantitative estimate of drug-likeness (QED) is 0.573. The van der Waals surface area contributed by atoms with Crippen LogP contribution in [-0.4, -0.2) is 14.3 Å². The summed E-state index contributed by atoms with van der Waals surface area (Å²) in [5.74, 6) is -0.368. The Morgan fingerprint density at radius 1 is 0.786 bits per heavy atom. The summed E-state index contributed by atoms with van der Waals surface area (Å²) in [5.41, 5.74) is 4.50. The molecule has 0 spiro atoms. The summed E-state index contributed by atoms with van der Waals surface area (Å²) in [6.07, 6.45) is 0. The maximum absolute atomic E-state index is 12.2. The Hall–Kier alpha value is -3.00. The summed E-state index contributed by atoms with van der Waals surface area (Å²) in [6.45, 7) is 0.398. The van der Waals surface area contributed by atoms with Gasteiger partial charge in [-0.3, -0.25) is 9.63 Å². The molecule has 144 valence electrons. The third-order valence-electron chi connectivity index (χ3n) is 3.98. The topological polar surface area (TPSA) is 84.5 Å². The van der Waals surface area contributed by atoms with Crippen LogP contribution in [0.2, 0.25) is 0 Å². The molecule has 28 heavy (non-hydrogen) atoms. The van der Waals surface area contributed by atoms with Crippen molar-refractivity contribution in [3.8, 4) is 0 Å². The SMILES string of the molecule is O=C(NOCc1ccccc1)c1ccc(CNS(=O)(=O)c2ccccc2)cc1. The summed E-state index contributed by atoms with van der Waals surface area (Å²) >= 11 is 0. The van der Waals surface area contributed by atoms with Crippen LogP contribution in [0.5, 0.6) is 0 Å². The zero-order valence-corrected chi connectivity index (χ0v) is 15.9. The van der Waals surface area contributed by atoms with Crippen molar-refractivity contribution in [2.45, 2.75) is 18.0 Å². The molecular formula is C21H20N2O4S. The number of sulfonamides is 1. The monoisotopic (exact) mass is 396 g/mol. The van der Waals surface area contributed by atoms with E-state index in [1.54, 1.807) is 42.5 Å². The molecule has 0 saturated carbocycles. The number of hydroxylamine groups is 1. The highest BCUT2D eigenvalue weighted by atomic mass is 32.2. The fourth-order valence-corrected chi connectivity index (χ4v) is 3.49. The van der Waals surface area contributed by atoms with Gasteiger partial charge in [0.15, 0.2) is 0 Å². The Labute approximate surface area is 164 Å². The van der Waals surface area contributed by atoms with Gasteiger partial charge in [0.1, 0.15) is 0 Å². The van der Waals surface area contributed by atoms with E-state index in [1.165, 1.54) is 12.1 Å². The molecule has 6 nitrogen and oxygen atoms in total. The lowest BCUT2D eigenvalue weighted by molar-refractivity contribution is 0.0233. The average Bonchev–Trinajstić information content (AvgIpc) is 2.74. The number of nitrogens with one attached hydrogen (secondary N) is 2. The Bertz CT molecular complexity index is 1010. The molecule has 2 N–H and O–H groups in total. The van der Waals surface area contributed by atoms with Crippen molar-refractivity contribution in [2.24, 2.45) is 0 Å². The molecule has 1 amide bonds. The van der Waals surface area contributed by atoms with Crippen LogP contribution in [0.25, 0.3) is 0 Å². The van der Waals surface area contributed by atoms with Gasteiger partial charge in [0.2, 0.25) is 10.0 Å². The first-order valence-corrected chi connectivity index (χ1v) is 10.1. The number of amides is 1. The maximum Gasteiger partial charge on any atom is 0.274 e. The lowest BCUT2D eigenvalue weighted by Gasteiger charge is -2.08. The van der Waals surface area contributed by atoms with Crippen molar-refractivity contribution in [1.82, 2.24) is 10.2 Å². The van der Waals surface area contributed by atoms with E-state index in [2.05, 4.69) is 10.2 Å². The standard InChI is InChI=1S/C21H20N2O4S/c24-21(23-27-16-18-7-3-1-4-8-18)19-13-11-17(12-14-19)15-22-28(25,26)20-9-5-2-6-10-20/h1-14,22H,15-16H2,(H,23,24). The second kappa shape index (κ2) is 9.27. The van der Waals surface area contributed by atoms with E-state index in [1.807, 2.05) is 30.3 Å². The molecule has 0 saturated heterocycles. The highest BCUT2D eigenvalue weighted by Gasteiger charge is 2.13. The van der Waals surface area contributed by atoms with Gasteiger partial charge in [-0.15, -0.1) is 0 Å². The first-order chi connectivity index (χ1) is 13.5. The molecular weight excluding hydrogens is 376 g/mol. The zero-order valence-electron chi connectivity index (χ0n) is 15.0. The van der Waals surface area contributed by atoms with Gasteiger partial charge < -0.3 is 0 Å². The summed E-state index contributed by atoms with van der Waals surface area (Å²) in [4.78, 5) is 17.5. The van der Waals surface area contributed by atoms with E-state index in [9.17, 15) is 13.2 Å². The minimum atomic E-state index is -3.57. The number of carbonyl (C=O) groups excluding carboxylic acids is 1. The van der Waals surface area contributed by atoms with Crippen molar-refractivity contribution < 1.29 is 18.0 Å². The van der Waals surface area contributed by atoms with Gasteiger partial charge in [-0.2, -0.15) is 0 Å². The zero-order chi connectivity index (χ0) is 19.8. The van der Waals surface area contributed by atoms with E-state index < -0.39 is 10.0 Å². The first-order valence-electron chi connectivity index (χ1n) is 8.64. The lowest BCUT2D eigenvalue weighted by Crippen LogP contribution is -2.24. The summed E-state index contributed by atoms with van der Waals surface area (Å²) < 4.78 is 27.0. The van der Waals surface area contributed by atoms with Crippen LogP contribution in [0, 0.1) is 0 Å². The Kier molecular flexibility index (Phi) is 6.54. The predicted molar refractivity (Wildman–Crippen MR) is 106 cm³/mol. The van der Waals surface area contributed by atoms with Gasteiger partial charge >= 0.3 is 0 Å². The van der Waals surface area contributed by atoms with Crippen LogP contribution in [0.1, 0.15) is 21.5 Å². The summed E-state index contributed by atoms with van der Waals surface area (Å²) in [7, 11) is -3.57. The van der Waals surface area contributed by atoms with Gasteiger partial charge in [0.25, 0.3) is 5.91 Å². The average molecular weight is 396 g/mol. The molecule has 7 heteroatoms. The van der Waals surface area contributed by atoms with Crippen molar-refractivity contribution in [1.29, 1.82) is 0 Å². The second-order valence-corrected chi connectivity index (χ2v) is 7.81. The molecule has 0 bridgehead atoms. The molecule has 3 aromatic rings. The number of carbonyl (C=O) groups is 1. The van der Waals surface area contributed by atoms with Crippen molar-refractivity contribution in [2.75, 3.05) is 0 Å². The van der Waals surface area contributed by atoms with Crippen molar-refractivity contribution >= 4 is 15.9 Å². The molecule has 3 aromatic carbocycles. The molecule has 0 aliphatic heterocycles. The Balaban J connectivity index is 1.51. The second-order valence-electron chi connectivity index (χ2n) is 6.04. The summed E-state index contributed by atoms with van der Waals surface area (Å²) in [5, 5.41) is 0. The van der Waals surface area contributed by atoms with Crippen LogP contribution >= 0.6 is 0 Å². The molecule has 3 rings (SSSR count). The van der Waals surface area contributed by atoms with Gasteiger partial charge in [0, 0.05) is 12.1 Å². The molecule has 0 heterocycles. The third kappa shape index (κ3) is 5.50. The van der Waals surface area contributed by atoms with E-state index >= 15 is 0 Å². The Morgan fingerprint density at radius 2 is 1.39 bits per heavy atom. The summed E-state index contributed by atoms with van der Waals surface area (Å²) in [6, 6.07) is 24.3. The van der Waals surface area contributed by atoms with E-state index in [-0.39, 0.29) is 24.0 Å². The molecule has 0 atom stereocenters. The van der Waals surface area contributed by atoms with Gasteiger partial charge in [0.05, 0.1) is 11.5 Å². The maximum atomic E-state index is 12.2. The van der Waals surface area contributed by atoms with E-state index in [0.29, 0.717) is 5.56 Å². The molecule has 0 aromatic heterocycles. The number of benzene rings is 3. The smallest absolute Gasteiger partial charge is 0.269 e. The van der Waals surface area contributed by atoms with Crippen LogP contribution in [0.3, 0.4) is 0 Å². The van der Waals surface area contributed by atoms with Crippen LogP contribution in [0.15, 0.2) is 89.8 Å². The molecule has 0 unspecified atom stereocenters. The largest absolute Gasteiger partial charge is 0.274 e.